The number of rotatable bonds is 1. The number of nitrogens with one attached hydrogen (secondary N) is 1. The van der Waals surface area contributed by atoms with E-state index in [4.69, 9.17) is 5.26 Å². The first-order chi connectivity index (χ1) is 9.22. The van der Waals surface area contributed by atoms with E-state index >= 15 is 0 Å². The molecule has 0 amide bonds. The Hall–Kier alpha value is -2.60. The summed E-state index contributed by atoms with van der Waals surface area (Å²) in [6, 6.07) is 13.4. The van der Waals surface area contributed by atoms with Crippen LogP contribution in [0.3, 0.4) is 0 Å². The maximum atomic E-state index is 12.1. The Labute approximate surface area is 110 Å². The first-order valence-corrected chi connectivity index (χ1v) is 6.21. The van der Waals surface area contributed by atoms with Gasteiger partial charge in [-0.1, -0.05) is 19.1 Å². The molecule has 0 bridgehead atoms. The lowest BCUT2D eigenvalue weighted by atomic mass is 10.0. The lowest BCUT2D eigenvalue weighted by Crippen LogP contribution is -2.06. The molecular formula is C16H12N2O. The van der Waals surface area contributed by atoms with Crippen LogP contribution < -0.4 is 5.56 Å². The Kier molecular flexibility index (Phi) is 2.57. The lowest BCUT2D eigenvalue weighted by molar-refractivity contribution is 1.14. The fourth-order valence-electron chi connectivity index (χ4n) is 2.37. The largest absolute Gasteiger partial charge is 0.321 e. The maximum absolute atomic E-state index is 12.1. The van der Waals surface area contributed by atoms with Crippen LogP contribution in [0.25, 0.3) is 21.7 Å². The average Bonchev–Trinajstić information content (AvgIpc) is 2.46. The van der Waals surface area contributed by atoms with E-state index < -0.39 is 0 Å². The van der Waals surface area contributed by atoms with Crippen molar-refractivity contribution in [2.45, 2.75) is 13.3 Å². The second-order valence-corrected chi connectivity index (χ2v) is 4.56. The van der Waals surface area contributed by atoms with Gasteiger partial charge in [-0.3, -0.25) is 4.79 Å². The number of fused-ring (bicyclic) bond motifs is 3. The fourth-order valence-corrected chi connectivity index (χ4v) is 2.37. The van der Waals surface area contributed by atoms with Crippen molar-refractivity contribution in [1.29, 1.82) is 5.26 Å². The van der Waals surface area contributed by atoms with Gasteiger partial charge in [0.1, 0.15) is 0 Å². The first-order valence-electron chi connectivity index (χ1n) is 6.21. The van der Waals surface area contributed by atoms with Gasteiger partial charge in [-0.2, -0.15) is 5.26 Å². The van der Waals surface area contributed by atoms with Crippen molar-refractivity contribution < 1.29 is 0 Å². The van der Waals surface area contributed by atoms with Gasteiger partial charge in [0.2, 0.25) is 0 Å². The third-order valence-electron chi connectivity index (χ3n) is 3.42. The van der Waals surface area contributed by atoms with Crippen molar-refractivity contribution in [3.8, 4) is 6.07 Å². The summed E-state index contributed by atoms with van der Waals surface area (Å²) in [5.74, 6) is 0. The first kappa shape index (κ1) is 11.5. The van der Waals surface area contributed by atoms with Crippen LogP contribution in [0.2, 0.25) is 0 Å². The van der Waals surface area contributed by atoms with E-state index in [2.05, 4.69) is 18.0 Å². The summed E-state index contributed by atoms with van der Waals surface area (Å²) in [5.41, 5.74) is 2.41. The van der Waals surface area contributed by atoms with Crippen molar-refractivity contribution in [2.75, 3.05) is 0 Å². The predicted octanol–water partition coefficient (Wildman–Crippen LogP) is 3.12. The molecule has 0 saturated carbocycles. The van der Waals surface area contributed by atoms with Gasteiger partial charge in [0.05, 0.1) is 11.6 Å². The van der Waals surface area contributed by atoms with Gasteiger partial charge in [0.15, 0.2) is 0 Å². The van der Waals surface area contributed by atoms with Gasteiger partial charge in [-0.05, 0) is 41.6 Å². The molecule has 0 unspecified atom stereocenters. The minimum Gasteiger partial charge on any atom is -0.321 e. The van der Waals surface area contributed by atoms with E-state index in [9.17, 15) is 4.79 Å². The quantitative estimate of drug-likeness (QED) is 0.673. The zero-order valence-electron chi connectivity index (χ0n) is 10.5. The van der Waals surface area contributed by atoms with E-state index in [1.807, 2.05) is 24.3 Å². The predicted molar refractivity (Wildman–Crippen MR) is 76.2 cm³/mol. The molecule has 0 radical (unpaired) electrons. The van der Waals surface area contributed by atoms with Crippen molar-refractivity contribution in [3.05, 3.63) is 57.9 Å². The summed E-state index contributed by atoms with van der Waals surface area (Å²) >= 11 is 0. The van der Waals surface area contributed by atoms with Crippen LogP contribution in [0.4, 0.5) is 0 Å². The number of aromatic nitrogens is 1. The van der Waals surface area contributed by atoms with E-state index in [0.717, 1.165) is 28.3 Å². The fraction of sp³-hybridized carbons (Fsp3) is 0.125. The molecule has 0 fully saturated rings. The molecule has 1 heterocycles. The van der Waals surface area contributed by atoms with Crippen molar-refractivity contribution in [2.24, 2.45) is 0 Å². The zero-order valence-corrected chi connectivity index (χ0v) is 10.5. The number of hydrogen-bond donors (Lipinski definition) is 1. The molecule has 0 atom stereocenters. The normalized spacial score (nSPS) is 10.7. The minimum absolute atomic E-state index is 0.0810. The summed E-state index contributed by atoms with van der Waals surface area (Å²) in [4.78, 5) is 15.0. The number of hydrogen-bond acceptors (Lipinski definition) is 2. The molecule has 1 N–H and O–H groups in total. The van der Waals surface area contributed by atoms with Crippen LogP contribution in [0.15, 0.2) is 41.2 Å². The number of benzene rings is 2. The zero-order chi connectivity index (χ0) is 13.4. The van der Waals surface area contributed by atoms with E-state index in [0.29, 0.717) is 10.9 Å². The molecule has 19 heavy (non-hydrogen) atoms. The summed E-state index contributed by atoms with van der Waals surface area (Å²) < 4.78 is 0. The van der Waals surface area contributed by atoms with Crippen molar-refractivity contribution in [3.63, 3.8) is 0 Å². The third-order valence-corrected chi connectivity index (χ3v) is 3.42. The molecule has 3 aromatic rings. The molecule has 2 aromatic carbocycles. The van der Waals surface area contributed by atoms with Crippen molar-refractivity contribution in [1.82, 2.24) is 4.98 Å². The minimum atomic E-state index is -0.0810. The van der Waals surface area contributed by atoms with E-state index in [1.54, 1.807) is 12.1 Å². The molecule has 0 aliphatic heterocycles. The van der Waals surface area contributed by atoms with Gasteiger partial charge in [-0.15, -0.1) is 0 Å². The highest BCUT2D eigenvalue weighted by Crippen LogP contribution is 2.23. The molecule has 0 saturated heterocycles. The lowest BCUT2D eigenvalue weighted by Gasteiger charge is -2.05. The summed E-state index contributed by atoms with van der Waals surface area (Å²) in [6.07, 6.45) is 0.894. The highest BCUT2D eigenvalue weighted by Gasteiger charge is 2.06. The summed E-state index contributed by atoms with van der Waals surface area (Å²) in [6.45, 7) is 2.06. The Morgan fingerprint density at radius 3 is 2.68 bits per heavy atom. The van der Waals surface area contributed by atoms with Crippen molar-refractivity contribution >= 4 is 21.7 Å². The standard InChI is InChI=1S/C16H12N2O/c1-2-10-3-5-12-13-8-11(9-17)4-6-15(13)18-16(19)14(12)7-10/h3-8H,2H2,1H3,(H,18,19). The number of nitriles is 1. The van der Waals surface area contributed by atoms with Gasteiger partial charge >= 0.3 is 0 Å². The molecule has 0 aliphatic carbocycles. The molecule has 3 heteroatoms. The van der Waals surface area contributed by atoms with Crippen LogP contribution in [-0.4, -0.2) is 4.98 Å². The van der Waals surface area contributed by atoms with Crippen LogP contribution >= 0.6 is 0 Å². The molecular weight excluding hydrogens is 236 g/mol. The Morgan fingerprint density at radius 2 is 1.95 bits per heavy atom. The molecule has 3 nitrogen and oxygen atoms in total. The van der Waals surface area contributed by atoms with Crippen LogP contribution in [0.1, 0.15) is 18.1 Å². The van der Waals surface area contributed by atoms with Crippen LogP contribution in [0.5, 0.6) is 0 Å². The Balaban J connectivity index is 2.51. The van der Waals surface area contributed by atoms with E-state index in [1.165, 1.54) is 0 Å². The van der Waals surface area contributed by atoms with E-state index in [-0.39, 0.29) is 5.56 Å². The van der Waals surface area contributed by atoms with Gasteiger partial charge in [0, 0.05) is 16.3 Å². The molecule has 3 rings (SSSR count). The second-order valence-electron chi connectivity index (χ2n) is 4.56. The van der Waals surface area contributed by atoms with Gasteiger partial charge in [-0.25, -0.2) is 0 Å². The summed E-state index contributed by atoms with van der Waals surface area (Å²) in [7, 11) is 0. The van der Waals surface area contributed by atoms with Crippen LogP contribution in [-0.2, 0) is 6.42 Å². The Bertz CT molecular complexity index is 885. The number of pyridine rings is 1. The SMILES string of the molecule is CCc1ccc2c(c1)c(=O)[nH]c1ccc(C#N)cc12. The molecule has 0 spiro atoms. The molecule has 92 valence electrons. The molecule has 0 aliphatic rings. The number of aryl methyl sites for hydroxylation is 1. The highest BCUT2D eigenvalue weighted by atomic mass is 16.1. The monoisotopic (exact) mass is 248 g/mol. The van der Waals surface area contributed by atoms with Gasteiger partial charge < -0.3 is 4.98 Å². The Morgan fingerprint density at radius 1 is 1.11 bits per heavy atom. The smallest absolute Gasteiger partial charge is 0.256 e. The number of nitrogens with zero attached hydrogens (tertiary/aromatic N) is 1. The molecule has 1 aromatic heterocycles. The summed E-state index contributed by atoms with van der Waals surface area (Å²) in [5, 5.41) is 11.5. The average molecular weight is 248 g/mol. The number of H-pyrrole nitrogens is 1. The topological polar surface area (TPSA) is 56.6 Å². The highest BCUT2D eigenvalue weighted by molar-refractivity contribution is 6.05. The second kappa shape index (κ2) is 4.25. The van der Waals surface area contributed by atoms with Gasteiger partial charge in [0.25, 0.3) is 5.56 Å². The third kappa shape index (κ3) is 1.78. The number of aromatic amines is 1. The van der Waals surface area contributed by atoms with Crippen LogP contribution in [0, 0.1) is 11.3 Å². The maximum Gasteiger partial charge on any atom is 0.256 e.